The van der Waals surface area contributed by atoms with Gasteiger partial charge in [0.15, 0.2) is 0 Å². The van der Waals surface area contributed by atoms with Crippen molar-refractivity contribution in [2.75, 3.05) is 19.0 Å². The van der Waals surface area contributed by atoms with Crippen LogP contribution in [0, 0.1) is 0 Å². The molecule has 4 N–H and O–H groups in total. The van der Waals surface area contributed by atoms with Crippen molar-refractivity contribution in [1.29, 1.82) is 0 Å². The molecule has 25 heavy (non-hydrogen) atoms. The number of primary amides is 1. The minimum atomic E-state index is -0.737. The zero-order valence-electron chi connectivity index (χ0n) is 14.4. The Kier molecular flexibility index (Phi) is 6.33. The number of benzene rings is 1. The van der Waals surface area contributed by atoms with E-state index in [1.165, 1.54) is 0 Å². The Morgan fingerprint density at radius 2 is 1.88 bits per heavy atom. The van der Waals surface area contributed by atoms with Crippen LogP contribution in [0.15, 0.2) is 48.7 Å². The Hall–Kier alpha value is -3.09. The highest BCUT2D eigenvalue weighted by Crippen LogP contribution is 2.14. The second-order valence-electron chi connectivity index (χ2n) is 5.85. The van der Waals surface area contributed by atoms with Crippen LogP contribution in [0.1, 0.15) is 11.1 Å². The van der Waals surface area contributed by atoms with Crippen LogP contribution in [-0.4, -0.2) is 37.1 Å². The first-order valence-electron chi connectivity index (χ1n) is 7.96. The van der Waals surface area contributed by atoms with Gasteiger partial charge in [0.25, 0.3) is 0 Å². The molecule has 2 rings (SSSR count). The highest BCUT2D eigenvalue weighted by Gasteiger charge is 2.20. The summed E-state index contributed by atoms with van der Waals surface area (Å²) in [7, 11) is 3.78. The predicted octanol–water partition coefficient (Wildman–Crippen LogP) is 1.04. The molecule has 7 heteroatoms. The van der Waals surface area contributed by atoms with Crippen LogP contribution < -0.4 is 21.3 Å². The fourth-order valence-corrected chi connectivity index (χ4v) is 2.51. The molecule has 1 atom stereocenters. The number of amides is 3. The van der Waals surface area contributed by atoms with Crippen LogP contribution >= 0.6 is 0 Å². The predicted molar refractivity (Wildman–Crippen MR) is 97.1 cm³/mol. The lowest BCUT2D eigenvalue weighted by molar-refractivity contribution is -0.123. The molecule has 0 aliphatic carbocycles. The monoisotopic (exact) mass is 341 g/mol. The molecule has 132 valence electrons. The van der Waals surface area contributed by atoms with E-state index in [1.807, 2.05) is 61.5 Å². The van der Waals surface area contributed by atoms with E-state index in [0.29, 0.717) is 13.0 Å². The van der Waals surface area contributed by atoms with E-state index in [9.17, 15) is 9.59 Å². The number of nitrogens with zero attached hydrogens (tertiary/aromatic N) is 2. The van der Waals surface area contributed by atoms with E-state index >= 15 is 0 Å². The highest BCUT2D eigenvalue weighted by molar-refractivity contribution is 5.86. The van der Waals surface area contributed by atoms with Gasteiger partial charge in [-0.15, -0.1) is 0 Å². The van der Waals surface area contributed by atoms with Gasteiger partial charge in [-0.3, -0.25) is 4.79 Å². The summed E-state index contributed by atoms with van der Waals surface area (Å²) in [5, 5.41) is 5.35. The third-order valence-corrected chi connectivity index (χ3v) is 3.66. The van der Waals surface area contributed by atoms with Crippen molar-refractivity contribution in [3.05, 3.63) is 59.8 Å². The van der Waals surface area contributed by atoms with Gasteiger partial charge in [0, 0.05) is 38.8 Å². The second kappa shape index (κ2) is 8.68. The van der Waals surface area contributed by atoms with Gasteiger partial charge in [-0.25, -0.2) is 9.78 Å². The van der Waals surface area contributed by atoms with Crippen molar-refractivity contribution in [2.24, 2.45) is 5.73 Å². The van der Waals surface area contributed by atoms with Crippen molar-refractivity contribution >= 4 is 17.8 Å². The van der Waals surface area contributed by atoms with Gasteiger partial charge in [-0.05, 0) is 11.6 Å². The maximum absolute atomic E-state index is 12.5. The fourth-order valence-electron chi connectivity index (χ4n) is 2.51. The first kappa shape index (κ1) is 18.3. The van der Waals surface area contributed by atoms with Crippen LogP contribution in [0.3, 0.4) is 0 Å². The lowest BCUT2D eigenvalue weighted by atomic mass is 10.1. The summed E-state index contributed by atoms with van der Waals surface area (Å²) in [6.07, 6.45) is 2.07. The molecule has 1 heterocycles. The summed E-state index contributed by atoms with van der Waals surface area (Å²) < 4.78 is 0. The van der Waals surface area contributed by atoms with Gasteiger partial charge in [-0.2, -0.15) is 0 Å². The minimum Gasteiger partial charge on any atom is -0.362 e. The molecule has 3 amide bonds. The summed E-state index contributed by atoms with van der Waals surface area (Å²) in [6, 6.07) is 11.7. The molecule has 2 aromatic rings. The quantitative estimate of drug-likeness (QED) is 0.700. The number of carbonyl (C=O) groups excluding carboxylic acids is 2. The van der Waals surface area contributed by atoms with Crippen LogP contribution in [0.2, 0.25) is 0 Å². The van der Waals surface area contributed by atoms with Crippen molar-refractivity contribution in [3.63, 3.8) is 0 Å². The molecule has 1 aromatic carbocycles. The number of nitrogens with one attached hydrogen (secondary N) is 2. The van der Waals surface area contributed by atoms with E-state index < -0.39 is 12.1 Å². The van der Waals surface area contributed by atoms with E-state index in [4.69, 9.17) is 5.73 Å². The number of carbonyl (C=O) groups is 2. The van der Waals surface area contributed by atoms with Gasteiger partial charge < -0.3 is 21.3 Å². The van der Waals surface area contributed by atoms with Crippen molar-refractivity contribution in [1.82, 2.24) is 15.6 Å². The summed E-state index contributed by atoms with van der Waals surface area (Å²) in [5.74, 6) is 0.487. The second-order valence-corrected chi connectivity index (χ2v) is 5.85. The summed E-state index contributed by atoms with van der Waals surface area (Å²) >= 11 is 0. The molecule has 0 bridgehead atoms. The maximum atomic E-state index is 12.5. The number of anilines is 1. The normalized spacial score (nSPS) is 11.4. The lowest BCUT2D eigenvalue weighted by Gasteiger charge is -2.19. The van der Waals surface area contributed by atoms with Crippen molar-refractivity contribution < 1.29 is 9.59 Å². The molecule has 0 saturated heterocycles. The van der Waals surface area contributed by atoms with Gasteiger partial charge in [0.05, 0.1) is 0 Å². The van der Waals surface area contributed by atoms with E-state index in [2.05, 4.69) is 15.6 Å². The molecule has 0 spiro atoms. The molecule has 1 aromatic heterocycles. The third kappa shape index (κ3) is 5.49. The minimum absolute atomic E-state index is 0.295. The third-order valence-electron chi connectivity index (χ3n) is 3.66. The van der Waals surface area contributed by atoms with E-state index in [1.54, 1.807) is 6.20 Å². The Labute approximate surface area is 147 Å². The van der Waals surface area contributed by atoms with E-state index in [-0.39, 0.29) is 5.91 Å². The summed E-state index contributed by atoms with van der Waals surface area (Å²) in [5.41, 5.74) is 7.03. The van der Waals surface area contributed by atoms with Gasteiger partial charge >= 0.3 is 6.03 Å². The average molecular weight is 341 g/mol. The van der Waals surface area contributed by atoms with Gasteiger partial charge in [-0.1, -0.05) is 36.4 Å². The molecule has 7 nitrogen and oxygen atoms in total. The first-order valence-corrected chi connectivity index (χ1v) is 7.96. The zero-order chi connectivity index (χ0) is 18.2. The molecular weight excluding hydrogens is 318 g/mol. The molecule has 0 aliphatic heterocycles. The lowest BCUT2D eigenvalue weighted by Crippen LogP contribution is -2.49. The van der Waals surface area contributed by atoms with Crippen LogP contribution in [0.4, 0.5) is 10.6 Å². The topological polar surface area (TPSA) is 100 Å². The van der Waals surface area contributed by atoms with Crippen LogP contribution in [0.25, 0.3) is 0 Å². The summed E-state index contributed by atoms with van der Waals surface area (Å²) in [4.78, 5) is 29.9. The Morgan fingerprint density at radius 1 is 1.16 bits per heavy atom. The van der Waals surface area contributed by atoms with Gasteiger partial charge in [0.2, 0.25) is 5.91 Å². The Bertz CT molecular complexity index is 718. The summed E-state index contributed by atoms with van der Waals surface area (Å²) in [6.45, 7) is 0.311. The Balaban J connectivity index is 2.05. The Morgan fingerprint density at radius 3 is 2.52 bits per heavy atom. The number of rotatable bonds is 7. The molecule has 0 unspecified atom stereocenters. The number of aromatic nitrogens is 1. The number of nitrogens with two attached hydrogens (primary N) is 1. The number of urea groups is 1. The van der Waals surface area contributed by atoms with E-state index in [0.717, 1.165) is 16.9 Å². The largest absolute Gasteiger partial charge is 0.362 e. The SMILES string of the molecule is CN(C)c1ncccc1CNC(=O)[C@@H](Cc1ccccc1)NC(N)=O. The molecule has 0 radical (unpaired) electrons. The average Bonchev–Trinajstić information content (AvgIpc) is 2.59. The van der Waals surface area contributed by atoms with Crippen LogP contribution in [0.5, 0.6) is 0 Å². The highest BCUT2D eigenvalue weighted by atomic mass is 16.2. The molecule has 0 fully saturated rings. The first-order chi connectivity index (χ1) is 12.0. The molecule has 0 aliphatic rings. The smallest absolute Gasteiger partial charge is 0.312 e. The van der Waals surface area contributed by atoms with Gasteiger partial charge in [0.1, 0.15) is 11.9 Å². The maximum Gasteiger partial charge on any atom is 0.312 e. The number of hydrogen-bond acceptors (Lipinski definition) is 4. The number of pyridine rings is 1. The standard InChI is InChI=1S/C18H23N5O2/c1-23(2)16-14(9-6-10-20-16)12-21-17(24)15(22-18(19)25)11-13-7-4-3-5-8-13/h3-10,15H,11-12H2,1-2H3,(H,21,24)(H3,19,22,25)/t15-/m1/s1. The molecular formula is C18H23N5O2. The number of hydrogen-bond donors (Lipinski definition) is 3. The van der Waals surface area contributed by atoms with Crippen LogP contribution in [-0.2, 0) is 17.8 Å². The van der Waals surface area contributed by atoms with Crippen molar-refractivity contribution in [2.45, 2.75) is 19.0 Å². The van der Waals surface area contributed by atoms with Crippen molar-refractivity contribution in [3.8, 4) is 0 Å². The zero-order valence-corrected chi connectivity index (χ0v) is 14.4. The molecule has 0 saturated carbocycles. The fraction of sp³-hybridized carbons (Fsp3) is 0.278.